The summed E-state index contributed by atoms with van der Waals surface area (Å²) >= 11 is -0.145. The summed E-state index contributed by atoms with van der Waals surface area (Å²) in [4.78, 5) is 17.1. The minimum atomic E-state index is -4.32. The van der Waals surface area contributed by atoms with Gasteiger partial charge in [0.15, 0.2) is 0 Å². The summed E-state index contributed by atoms with van der Waals surface area (Å²) in [5.41, 5.74) is -3.58. The zero-order chi connectivity index (χ0) is 19.3. The summed E-state index contributed by atoms with van der Waals surface area (Å²) in [6.07, 6.45) is 6.82. The van der Waals surface area contributed by atoms with Gasteiger partial charge in [0, 0.05) is 11.1 Å². The molecule has 144 valence electrons. The molecular formula is C20H21F3N2OS. The van der Waals surface area contributed by atoms with Crippen LogP contribution in [0.2, 0.25) is 0 Å². The largest absolute Gasteiger partial charge is 0.446 e. The number of alkyl halides is 3. The monoisotopic (exact) mass is 394 g/mol. The van der Waals surface area contributed by atoms with Gasteiger partial charge in [0.25, 0.3) is 0 Å². The number of nitrogens with zero attached hydrogens (tertiary/aromatic N) is 1. The van der Waals surface area contributed by atoms with Crippen LogP contribution in [0.1, 0.15) is 43.6 Å². The van der Waals surface area contributed by atoms with Gasteiger partial charge in [-0.15, -0.1) is 0 Å². The first-order chi connectivity index (χ1) is 12.9. The van der Waals surface area contributed by atoms with E-state index in [4.69, 9.17) is 0 Å². The van der Waals surface area contributed by atoms with E-state index < -0.39 is 11.4 Å². The van der Waals surface area contributed by atoms with E-state index in [-0.39, 0.29) is 22.6 Å². The molecule has 1 atom stereocenters. The van der Waals surface area contributed by atoms with Gasteiger partial charge < -0.3 is 5.32 Å². The van der Waals surface area contributed by atoms with E-state index in [1.54, 1.807) is 36.5 Å². The number of carbonyl (C=O) groups excluding carboxylic acids is 1. The van der Waals surface area contributed by atoms with Crippen LogP contribution in [-0.4, -0.2) is 16.4 Å². The zero-order valence-electron chi connectivity index (χ0n) is 14.7. The maximum Gasteiger partial charge on any atom is 0.446 e. The fourth-order valence-electron chi connectivity index (χ4n) is 3.53. The van der Waals surface area contributed by atoms with Gasteiger partial charge in [-0.05, 0) is 53.9 Å². The van der Waals surface area contributed by atoms with Crippen LogP contribution < -0.4 is 5.32 Å². The fraction of sp³-hybridized carbons (Fsp3) is 0.400. The quantitative estimate of drug-likeness (QED) is 0.611. The van der Waals surface area contributed by atoms with E-state index in [1.807, 2.05) is 0 Å². The molecule has 27 heavy (non-hydrogen) atoms. The third-order valence-electron chi connectivity index (χ3n) is 4.79. The van der Waals surface area contributed by atoms with Gasteiger partial charge in [0.1, 0.15) is 5.82 Å². The summed E-state index contributed by atoms with van der Waals surface area (Å²) in [7, 11) is 0. The molecule has 1 N–H and O–H groups in total. The third-order valence-corrected chi connectivity index (χ3v) is 5.53. The molecular weight excluding hydrogens is 373 g/mol. The van der Waals surface area contributed by atoms with Crippen molar-refractivity contribution in [3.05, 3.63) is 54.2 Å². The van der Waals surface area contributed by atoms with Crippen molar-refractivity contribution >= 4 is 23.5 Å². The highest BCUT2D eigenvalue weighted by Crippen LogP contribution is 2.38. The second-order valence-corrected chi connectivity index (χ2v) is 7.90. The number of benzene rings is 1. The molecule has 1 heterocycles. The highest BCUT2D eigenvalue weighted by Gasteiger charge is 2.30. The van der Waals surface area contributed by atoms with E-state index in [0.717, 1.165) is 18.4 Å². The highest BCUT2D eigenvalue weighted by molar-refractivity contribution is 8.00. The average molecular weight is 394 g/mol. The smallest absolute Gasteiger partial charge is 0.310 e. The molecule has 3 rings (SSSR count). The van der Waals surface area contributed by atoms with Gasteiger partial charge in [0.2, 0.25) is 5.91 Å². The molecule has 0 spiro atoms. The van der Waals surface area contributed by atoms with Gasteiger partial charge in [-0.3, -0.25) is 4.79 Å². The number of hydrogen-bond acceptors (Lipinski definition) is 3. The Morgan fingerprint density at radius 3 is 2.44 bits per heavy atom. The maximum absolute atomic E-state index is 12.9. The first kappa shape index (κ1) is 19.7. The predicted octanol–water partition coefficient (Wildman–Crippen LogP) is 6.00. The Bertz CT molecular complexity index is 744. The second-order valence-electron chi connectivity index (χ2n) is 6.76. The first-order valence-electron chi connectivity index (χ1n) is 8.98. The summed E-state index contributed by atoms with van der Waals surface area (Å²) in [5, 5.41) is 2.83. The minimum Gasteiger partial charge on any atom is -0.310 e. The Balaban J connectivity index is 1.77. The van der Waals surface area contributed by atoms with Crippen LogP contribution in [-0.2, 0) is 4.79 Å². The summed E-state index contributed by atoms with van der Waals surface area (Å²) in [6, 6.07) is 11.4. The van der Waals surface area contributed by atoms with Crippen molar-refractivity contribution in [3.63, 3.8) is 0 Å². The lowest BCUT2D eigenvalue weighted by atomic mass is 9.87. The Morgan fingerprint density at radius 1 is 1.15 bits per heavy atom. The third kappa shape index (κ3) is 5.99. The van der Waals surface area contributed by atoms with E-state index in [0.29, 0.717) is 18.2 Å². The van der Waals surface area contributed by atoms with Gasteiger partial charge in [-0.2, -0.15) is 13.2 Å². The number of thioether (sulfide) groups is 1. The number of hydrogen-bond donors (Lipinski definition) is 1. The molecule has 1 aliphatic rings. The van der Waals surface area contributed by atoms with E-state index in [2.05, 4.69) is 10.3 Å². The van der Waals surface area contributed by atoms with Crippen LogP contribution in [0.15, 0.2) is 53.6 Å². The fourth-order valence-corrected chi connectivity index (χ4v) is 4.07. The van der Waals surface area contributed by atoms with Crippen LogP contribution in [0.25, 0.3) is 0 Å². The molecule has 1 saturated carbocycles. The van der Waals surface area contributed by atoms with Crippen LogP contribution in [0, 0.1) is 5.92 Å². The van der Waals surface area contributed by atoms with Crippen molar-refractivity contribution < 1.29 is 18.0 Å². The molecule has 0 saturated heterocycles. The van der Waals surface area contributed by atoms with Gasteiger partial charge >= 0.3 is 5.51 Å². The van der Waals surface area contributed by atoms with Crippen LogP contribution in [0.4, 0.5) is 19.0 Å². The summed E-state index contributed by atoms with van der Waals surface area (Å²) < 4.78 is 37.6. The van der Waals surface area contributed by atoms with Crippen molar-refractivity contribution in [1.29, 1.82) is 0 Å². The molecule has 2 aromatic rings. The number of anilines is 1. The van der Waals surface area contributed by atoms with Crippen molar-refractivity contribution in [2.75, 3.05) is 5.32 Å². The Labute approximate surface area is 160 Å². The lowest BCUT2D eigenvalue weighted by Gasteiger charge is -2.21. The normalized spacial score (nSPS) is 16.3. The molecule has 0 aliphatic heterocycles. The summed E-state index contributed by atoms with van der Waals surface area (Å²) in [6.45, 7) is 0. The second kappa shape index (κ2) is 8.78. The molecule has 1 aromatic heterocycles. The van der Waals surface area contributed by atoms with Gasteiger partial charge in [-0.1, -0.05) is 43.9 Å². The van der Waals surface area contributed by atoms with Crippen LogP contribution in [0.3, 0.4) is 0 Å². The minimum absolute atomic E-state index is 0.121. The molecule has 1 aliphatic carbocycles. The molecule has 1 amide bonds. The zero-order valence-corrected chi connectivity index (χ0v) is 15.5. The van der Waals surface area contributed by atoms with E-state index in [9.17, 15) is 18.0 Å². The number of carbonyl (C=O) groups is 1. The molecule has 0 bridgehead atoms. The summed E-state index contributed by atoms with van der Waals surface area (Å²) in [5.74, 6) is 0.369. The maximum atomic E-state index is 12.9. The highest BCUT2D eigenvalue weighted by atomic mass is 32.2. The lowest BCUT2D eigenvalue weighted by Crippen LogP contribution is -2.23. The van der Waals surface area contributed by atoms with Crippen molar-refractivity contribution in [1.82, 2.24) is 4.98 Å². The molecule has 7 heteroatoms. The topological polar surface area (TPSA) is 42.0 Å². The molecule has 0 radical (unpaired) electrons. The Kier molecular flexibility index (Phi) is 6.42. The Hall–Kier alpha value is -2.02. The van der Waals surface area contributed by atoms with E-state index in [1.165, 1.54) is 25.0 Å². The molecule has 1 fully saturated rings. The van der Waals surface area contributed by atoms with Gasteiger partial charge in [0.05, 0.1) is 5.92 Å². The predicted molar refractivity (Wildman–Crippen MR) is 101 cm³/mol. The number of amides is 1. The Morgan fingerprint density at radius 2 is 1.85 bits per heavy atom. The van der Waals surface area contributed by atoms with E-state index >= 15 is 0 Å². The number of rotatable bonds is 6. The molecule has 1 aromatic carbocycles. The number of pyridine rings is 1. The average Bonchev–Trinajstić information content (AvgIpc) is 3.13. The van der Waals surface area contributed by atoms with Gasteiger partial charge in [-0.25, -0.2) is 4.98 Å². The van der Waals surface area contributed by atoms with Crippen molar-refractivity contribution in [3.8, 4) is 0 Å². The van der Waals surface area contributed by atoms with Crippen molar-refractivity contribution in [2.45, 2.75) is 48.4 Å². The van der Waals surface area contributed by atoms with Crippen LogP contribution >= 0.6 is 11.8 Å². The lowest BCUT2D eigenvalue weighted by molar-refractivity contribution is -0.118. The number of nitrogens with one attached hydrogen (secondary N) is 1. The van der Waals surface area contributed by atoms with Crippen LogP contribution in [0.5, 0.6) is 0 Å². The number of aromatic nitrogens is 1. The van der Waals surface area contributed by atoms with Crippen molar-refractivity contribution in [2.24, 2.45) is 5.92 Å². The standard InChI is InChI=1S/C20H21F3N2OS/c21-20(22,23)27-16-10-8-15(9-11-16)17(13-14-5-1-2-6-14)19(26)25-18-7-3-4-12-24-18/h3-4,7-12,14,17H,1-2,5-6,13H2,(H,24,25,26). The first-order valence-corrected chi connectivity index (χ1v) is 9.80. The number of halogens is 3. The SMILES string of the molecule is O=C(Nc1ccccn1)C(CC1CCCC1)c1ccc(SC(F)(F)F)cc1. The molecule has 3 nitrogen and oxygen atoms in total. The molecule has 1 unspecified atom stereocenters.